The van der Waals surface area contributed by atoms with Crippen molar-refractivity contribution in [2.75, 3.05) is 0 Å². The maximum Gasteiger partial charge on any atom is 0.246 e. The van der Waals surface area contributed by atoms with Crippen molar-refractivity contribution < 1.29 is 4.79 Å². The predicted octanol–water partition coefficient (Wildman–Crippen LogP) is 2.82. The number of nitrogens with one attached hydrogen (secondary N) is 1. The number of carbonyl (C=O) groups excluding carboxylic acids is 1. The molecule has 0 bridgehead atoms. The van der Waals surface area contributed by atoms with Crippen LogP contribution in [0.3, 0.4) is 0 Å². The van der Waals surface area contributed by atoms with Crippen molar-refractivity contribution >= 4 is 23.0 Å². The van der Waals surface area contributed by atoms with Gasteiger partial charge < -0.3 is 0 Å². The second kappa shape index (κ2) is 6.64. The largest absolute Gasteiger partial charge is 0.273 e. The summed E-state index contributed by atoms with van der Waals surface area (Å²) in [5, 5.41) is 7.16. The van der Waals surface area contributed by atoms with Gasteiger partial charge in [-0.15, -0.1) is 11.3 Å². The van der Waals surface area contributed by atoms with Crippen molar-refractivity contribution in [3.63, 3.8) is 0 Å². The molecule has 1 amide bonds. The molecule has 5 heteroatoms. The molecule has 18 heavy (non-hydrogen) atoms. The average Bonchev–Trinajstić information content (AvgIpc) is 2.62. The van der Waals surface area contributed by atoms with Gasteiger partial charge in [0.1, 0.15) is 0 Å². The summed E-state index contributed by atoms with van der Waals surface area (Å²) in [6, 6.07) is 0. The van der Waals surface area contributed by atoms with Gasteiger partial charge in [0, 0.05) is 11.1 Å². The number of hydrazone groups is 1. The summed E-state index contributed by atoms with van der Waals surface area (Å²) >= 11 is 1.57. The van der Waals surface area contributed by atoms with E-state index in [1.807, 2.05) is 12.3 Å². The fourth-order valence-corrected chi connectivity index (χ4v) is 2.70. The lowest BCUT2D eigenvalue weighted by molar-refractivity contribution is -0.120. The van der Waals surface area contributed by atoms with Gasteiger partial charge in [-0.1, -0.05) is 12.8 Å². The lowest BCUT2D eigenvalue weighted by Crippen LogP contribution is -2.21. The molecule has 1 aliphatic rings. The van der Waals surface area contributed by atoms with Gasteiger partial charge in [0.15, 0.2) is 0 Å². The fraction of sp³-hybridized carbons (Fsp3) is 0.615. The highest BCUT2D eigenvalue weighted by Crippen LogP contribution is 2.14. The molecular weight excluding hydrogens is 246 g/mol. The van der Waals surface area contributed by atoms with Crippen LogP contribution in [0, 0.1) is 6.92 Å². The number of thiazole rings is 1. The highest BCUT2D eigenvalue weighted by molar-refractivity contribution is 7.09. The number of hydrogen-bond acceptors (Lipinski definition) is 4. The van der Waals surface area contributed by atoms with E-state index in [1.54, 1.807) is 11.3 Å². The molecule has 0 spiro atoms. The zero-order valence-corrected chi connectivity index (χ0v) is 11.6. The third kappa shape index (κ3) is 4.22. The number of carbonyl (C=O) groups is 1. The van der Waals surface area contributed by atoms with Crippen LogP contribution in [0.4, 0.5) is 0 Å². The summed E-state index contributed by atoms with van der Waals surface area (Å²) in [5.74, 6) is -0.0722. The van der Waals surface area contributed by atoms with Crippen LogP contribution in [-0.2, 0) is 11.2 Å². The number of aryl methyl sites for hydroxylation is 1. The van der Waals surface area contributed by atoms with E-state index < -0.39 is 0 Å². The molecule has 1 saturated carbocycles. The van der Waals surface area contributed by atoms with Crippen LogP contribution in [0.2, 0.25) is 0 Å². The van der Waals surface area contributed by atoms with Crippen LogP contribution >= 0.6 is 11.3 Å². The minimum absolute atomic E-state index is 0.0722. The van der Waals surface area contributed by atoms with E-state index in [4.69, 9.17) is 0 Å². The summed E-state index contributed by atoms with van der Waals surface area (Å²) in [5.41, 5.74) is 4.62. The Bertz CT molecular complexity index is 429. The third-order valence-corrected chi connectivity index (χ3v) is 3.85. The Kier molecular flexibility index (Phi) is 4.87. The number of aromatic nitrogens is 1. The van der Waals surface area contributed by atoms with Gasteiger partial charge in [-0.3, -0.25) is 4.79 Å². The first-order chi connectivity index (χ1) is 8.74. The molecule has 1 aromatic rings. The van der Waals surface area contributed by atoms with E-state index in [-0.39, 0.29) is 5.91 Å². The number of rotatable bonds is 3. The first kappa shape index (κ1) is 13.2. The minimum atomic E-state index is -0.0722. The number of nitrogens with zero attached hydrogens (tertiary/aromatic N) is 2. The van der Waals surface area contributed by atoms with E-state index >= 15 is 0 Å². The topological polar surface area (TPSA) is 54.4 Å². The SMILES string of the molecule is Cc1nc(CC(=O)NN=C2CCCCCC2)cs1. The highest BCUT2D eigenvalue weighted by atomic mass is 32.1. The van der Waals surface area contributed by atoms with Crippen molar-refractivity contribution in [2.45, 2.75) is 51.9 Å². The molecule has 0 aliphatic heterocycles. The Balaban J connectivity index is 1.81. The van der Waals surface area contributed by atoms with Crippen molar-refractivity contribution in [3.8, 4) is 0 Å². The van der Waals surface area contributed by atoms with Gasteiger partial charge in [0.25, 0.3) is 0 Å². The molecule has 1 aromatic heterocycles. The number of hydrogen-bond donors (Lipinski definition) is 1. The molecule has 98 valence electrons. The standard InChI is InChI=1S/C13H19N3OS/c1-10-14-12(9-18-10)8-13(17)16-15-11-6-4-2-3-5-7-11/h9H,2-8H2,1H3,(H,16,17). The van der Waals surface area contributed by atoms with E-state index in [9.17, 15) is 4.79 Å². The fourth-order valence-electron chi connectivity index (χ4n) is 2.08. The maximum atomic E-state index is 11.7. The Hall–Kier alpha value is -1.23. The van der Waals surface area contributed by atoms with Crippen molar-refractivity contribution in [3.05, 3.63) is 16.1 Å². The first-order valence-corrected chi connectivity index (χ1v) is 7.37. The van der Waals surface area contributed by atoms with Crippen LogP contribution in [0.5, 0.6) is 0 Å². The van der Waals surface area contributed by atoms with E-state index in [2.05, 4.69) is 15.5 Å². The lowest BCUT2D eigenvalue weighted by Gasteiger charge is -2.02. The zero-order chi connectivity index (χ0) is 12.8. The van der Waals surface area contributed by atoms with Gasteiger partial charge in [-0.05, 0) is 32.6 Å². The van der Waals surface area contributed by atoms with Gasteiger partial charge in [0.05, 0.1) is 17.1 Å². The monoisotopic (exact) mass is 265 g/mol. The van der Waals surface area contributed by atoms with Crippen molar-refractivity contribution in [2.24, 2.45) is 5.10 Å². The molecule has 0 atom stereocenters. The minimum Gasteiger partial charge on any atom is -0.273 e. The van der Waals surface area contributed by atoms with Crippen molar-refractivity contribution in [1.82, 2.24) is 10.4 Å². The Morgan fingerprint density at radius 2 is 2.11 bits per heavy atom. The van der Waals surface area contributed by atoms with E-state index in [1.165, 1.54) is 25.7 Å². The van der Waals surface area contributed by atoms with E-state index in [0.29, 0.717) is 6.42 Å². The van der Waals surface area contributed by atoms with Crippen LogP contribution in [0.1, 0.15) is 49.2 Å². The predicted molar refractivity (Wildman–Crippen MR) is 73.8 cm³/mol. The number of amides is 1. The maximum absolute atomic E-state index is 11.7. The van der Waals surface area contributed by atoms with Gasteiger partial charge in [-0.2, -0.15) is 5.10 Å². The zero-order valence-electron chi connectivity index (χ0n) is 10.7. The Morgan fingerprint density at radius 1 is 1.39 bits per heavy atom. The second-order valence-corrected chi connectivity index (χ2v) is 5.72. The average molecular weight is 265 g/mol. The van der Waals surface area contributed by atoms with Crippen LogP contribution in [-0.4, -0.2) is 16.6 Å². The third-order valence-electron chi connectivity index (χ3n) is 3.03. The van der Waals surface area contributed by atoms with Crippen LogP contribution < -0.4 is 5.43 Å². The summed E-state index contributed by atoms with van der Waals surface area (Å²) in [7, 11) is 0. The molecule has 1 fully saturated rings. The smallest absolute Gasteiger partial charge is 0.246 e. The van der Waals surface area contributed by atoms with E-state index in [0.717, 1.165) is 29.3 Å². The summed E-state index contributed by atoms with van der Waals surface area (Å²) in [6.45, 7) is 1.94. The normalized spacial score (nSPS) is 16.2. The first-order valence-electron chi connectivity index (χ1n) is 6.49. The molecule has 0 saturated heterocycles. The Labute approximate surface area is 112 Å². The van der Waals surface area contributed by atoms with Crippen LogP contribution in [0.15, 0.2) is 10.5 Å². The summed E-state index contributed by atoms with van der Waals surface area (Å²) in [6.07, 6.45) is 7.32. The molecule has 1 N–H and O–H groups in total. The molecule has 0 aromatic carbocycles. The molecule has 2 rings (SSSR count). The quantitative estimate of drug-likeness (QED) is 0.675. The molecule has 1 aliphatic carbocycles. The molecule has 1 heterocycles. The Morgan fingerprint density at radius 3 is 2.72 bits per heavy atom. The molecule has 0 unspecified atom stereocenters. The highest BCUT2D eigenvalue weighted by Gasteiger charge is 2.08. The van der Waals surface area contributed by atoms with Crippen molar-refractivity contribution in [1.29, 1.82) is 0 Å². The molecule has 4 nitrogen and oxygen atoms in total. The van der Waals surface area contributed by atoms with Gasteiger partial charge >= 0.3 is 0 Å². The summed E-state index contributed by atoms with van der Waals surface area (Å²) in [4.78, 5) is 16.0. The molecule has 0 radical (unpaired) electrons. The van der Waals surface area contributed by atoms with Gasteiger partial charge in [0.2, 0.25) is 5.91 Å². The lowest BCUT2D eigenvalue weighted by atomic mass is 10.2. The molecular formula is C13H19N3OS. The van der Waals surface area contributed by atoms with Gasteiger partial charge in [-0.25, -0.2) is 10.4 Å². The summed E-state index contributed by atoms with van der Waals surface area (Å²) < 4.78 is 0. The second-order valence-electron chi connectivity index (χ2n) is 4.66. The van der Waals surface area contributed by atoms with Crippen LogP contribution in [0.25, 0.3) is 0 Å².